The lowest BCUT2D eigenvalue weighted by atomic mass is 10.0. The number of aromatic carboxylic acids is 1. The second-order valence-electron chi connectivity index (χ2n) is 5.94. The van der Waals surface area contributed by atoms with Crippen LogP contribution in [0.5, 0.6) is 0 Å². The molecule has 0 bridgehead atoms. The maximum atomic E-state index is 11.1. The van der Waals surface area contributed by atoms with Gasteiger partial charge in [-0.2, -0.15) is 0 Å². The lowest BCUT2D eigenvalue weighted by molar-refractivity contribution is 0.0653. The normalized spacial score (nSPS) is 20.9. The lowest BCUT2D eigenvalue weighted by Crippen LogP contribution is -2.00. The molecule has 1 N–H and O–H groups in total. The summed E-state index contributed by atoms with van der Waals surface area (Å²) in [6, 6.07) is 0. The van der Waals surface area contributed by atoms with Crippen molar-refractivity contribution in [2.24, 2.45) is 10.8 Å². The number of nitrogens with zero attached hydrogens (tertiary/aromatic N) is 1. The topological polar surface area (TPSA) is 72.6 Å². The van der Waals surface area contributed by atoms with Crippen molar-refractivity contribution in [1.29, 1.82) is 0 Å². The fourth-order valence-corrected chi connectivity index (χ4v) is 2.71. The molecule has 0 radical (unpaired) electrons. The Bertz CT molecular complexity index is 473. The summed E-state index contributed by atoms with van der Waals surface area (Å²) in [5.41, 5.74) is 0.495. The summed E-state index contributed by atoms with van der Waals surface area (Å²) in [4.78, 5) is 15.4. The van der Waals surface area contributed by atoms with E-state index in [4.69, 9.17) is 14.3 Å². The first-order chi connectivity index (χ1) is 8.23. The number of hydrogen-bond donors (Lipinski definition) is 1. The molecule has 1 aliphatic rings. The minimum absolute atomic E-state index is 0.0674. The molecule has 0 aliphatic heterocycles. The highest BCUT2D eigenvalue weighted by Gasteiger charge is 2.67. The SMILES string of the molecule is COCc1nc(C2C(C)(C)C2(C)C)oc1C(=O)O. The van der Waals surface area contributed by atoms with E-state index in [1.54, 1.807) is 0 Å². The van der Waals surface area contributed by atoms with Gasteiger partial charge in [0, 0.05) is 13.0 Å². The van der Waals surface area contributed by atoms with Crippen molar-refractivity contribution >= 4 is 5.97 Å². The maximum absolute atomic E-state index is 11.1. The molecule has 0 aromatic carbocycles. The van der Waals surface area contributed by atoms with Crippen molar-refractivity contribution in [3.8, 4) is 0 Å². The summed E-state index contributed by atoms with van der Waals surface area (Å²) in [7, 11) is 1.50. The Morgan fingerprint density at radius 3 is 2.33 bits per heavy atom. The molecule has 1 aliphatic carbocycles. The van der Waals surface area contributed by atoms with E-state index in [0.717, 1.165) is 0 Å². The van der Waals surface area contributed by atoms with Gasteiger partial charge in [0.25, 0.3) is 0 Å². The summed E-state index contributed by atoms with van der Waals surface area (Å²) in [6.07, 6.45) is 0. The van der Waals surface area contributed by atoms with E-state index in [1.807, 2.05) is 0 Å². The molecule has 0 saturated heterocycles. The number of methoxy groups -OCH3 is 1. The molecular formula is C13H19NO4. The molecule has 5 heteroatoms. The summed E-state index contributed by atoms with van der Waals surface area (Å²) >= 11 is 0. The van der Waals surface area contributed by atoms with Gasteiger partial charge in [-0.15, -0.1) is 0 Å². The second-order valence-corrected chi connectivity index (χ2v) is 5.94. The van der Waals surface area contributed by atoms with Gasteiger partial charge in [0.1, 0.15) is 5.69 Å². The van der Waals surface area contributed by atoms with Crippen LogP contribution in [-0.2, 0) is 11.3 Å². The minimum atomic E-state index is -1.10. The largest absolute Gasteiger partial charge is 0.475 e. The number of hydrogen-bond acceptors (Lipinski definition) is 4. The number of carbonyl (C=O) groups is 1. The van der Waals surface area contributed by atoms with Crippen LogP contribution in [0.4, 0.5) is 0 Å². The summed E-state index contributed by atoms with van der Waals surface area (Å²) < 4.78 is 10.4. The third kappa shape index (κ3) is 1.65. The van der Waals surface area contributed by atoms with Crippen molar-refractivity contribution in [2.45, 2.75) is 40.2 Å². The zero-order chi connectivity index (χ0) is 13.7. The van der Waals surface area contributed by atoms with Gasteiger partial charge in [-0.05, 0) is 10.8 Å². The first-order valence-corrected chi connectivity index (χ1v) is 5.95. The van der Waals surface area contributed by atoms with Gasteiger partial charge >= 0.3 is 5.97 Å². The average molecular weight is 253 g/mol. The van der Waals surface area contributed by atoms with E-state index in [2.05, 4.69) is 32.7 Å². The molecule has 1 aromatic heterocycles. The van der Waals surface area contributed by atoms with Crippen LogP contribution >= 0.6 is 0 Å². The molecule has 1 aromatic rings. The van der Waals surface area contributed by atoms with Crippen LogP contribution in [0.3, 0.4) is 0 Å². The Morgan fingerprint density at radius 1 is 1.39 bits per heavy atom. The highest BCUT2D eigenvalue weighted by atomic mass is 16.5. The van der Waals surface area contributed by atoms with Gasteiger partial charge < -0.3 is 14.3 Å². The zero-order valence-electron chi connectivity index (χ0n) is 11.4. The van der Waals surface area contributed by atoms with Crippen molar-refractivity contribution in [2.75, 3.05) is 7.11 Å². The molecule has 0 unspecified atom stereocenters. The highest BCUT2D eigenvalue weighted by Crippen LogP contribution is 2.73. The predicted molar refractivity (Wildman–Crippen MR) is 64.5 cm³/mol. The molecule has 0 amide bonds. The minimum Gasteiger partial charge on any atom is -0.475 e. The van der Waals surface area contributed by atoms with Crippen LogP contribution in [0.1, 0.15) is 55.8 Å². The number of ether oxygens (including phenoxy) is 1. The number of oxazole rings is 1. The first kappa shape index (κ1) is 13.1. The van der Waals surface area contributed by atoms with Gasteiger partial charge in [0.15, 0.2) is 5.89 Å². The van der Waals surface area contributed by atoms with E-state index in [0.29, 0.717) is 11.6 Å². The van der Waals surface area contributed by atoms with E-state index >= 15 is 0 Å². The average Bonchev–Trinajstić information content (AvgIpc) is 2.58. The number of aromatic nitrogens is 1. The Labute approximate surface area is 106 Å². The van der Waals surface area contributed by atoms with Crippen LogP contribution in [0.2, 0.25) is 0 Å². The molecule has 0 atom stereocenters. The van der Waals surface area contributed by atoms with E-state index in [1.165, 1.54) is 7.11 Å². The molecule has 1 heterocycles. The van der Waals surface area contributed by atoms with Crippen molar-refractivity contribution < 1.29 is 19.1 Å². The number of carboxylic acids is 1. The van der Waals surface area contributed by atoms with Gasteiger partial charge in [0.2, 0.25) is 5.76 Å². The molecule has 1 fully saturated rings. The molecular weight excluding hydrogens is 234 g/mol. The lowest BCUT2D eigenvalue weighted by Gasteiger charge is -2.03. The van der Waals surface area contributed by atoms with Crippen LogP contribution < -0.4 is 0 Å². The summed E-state index contributed by atoms with van der Waals surface area (Å²) in [5.74, 6) is -0.550. The molecule has 2 rings (SSSR count). The molecule has 0 spiro atoms. The summed E-state index contributed by atoms with van der Waals surface area (Å²) in [6.45, 7) is 8.70. The van der Waals surface area contributed by atoms with Gasteiger partial charge in [-0.25, -0.2) is 9.78 Å². The highest BCUT2D eigenvalue weighted by molar-refractivity contribution is 5.85. The van der Waals surface area contributed by atoms with E-state index < -0.39 is 5.97 Å². The third-order valence-corrected chi connectivity index (χ3v) is 4.46. The smallest absolute Gasteiger partial charge is 0.373 e. The third-order valence-electron chi connectivity index (χ3n) is 4.46. The zero-order valence-corrected chi connectivity index (χ0v) is 11.4. The number of rotatable bonds is 4. The van der Waals surface area contributed by atoms with Crippen LogP contribution in [-0.4, -0.2) is 23.2 Å². The molecule has 100 valence electrons. The Morgan fingerprint density at radius 2 is 1.94 bits per heavy atom. The van der Waals surface area contributed by atoms with Gasteiger partial charge in [0.05, 0.1) is 6.61 Å². The molecule has 5 nitrogen and oxygen atoms in total. The van der Waals surface area contributed by atoms with Crippen molar-refractivity contribution in [3.05, 3.63) is 17.3 Å². The van der Waals surface area contributed by atoms with Gasteiger partial charge in [-0.3, -0.25) is 0 Å². The predicted octanol–water partition coefficient (Wildman–Crippen LogP) is 2.67. The fraction of sp³-hybridized carbons (Fsp3) is 0.692. The summed E-state index contributed by atoms with van der Waals surface area (Å²) in [5, 5.41) is 9.08. The second kappa shape index (κ2) is 3.82. The number of carboxylic acid groups (broad SMARTS) is 1. The van der Waals surface area contributed by atoms with E-state index in [-0.39, 0.29) is 29.1 Å². The van der Waals surface area contributed by atoms with E-state index in [9.17, 15) is 4.79 Å². The van der Waals surface area contributed by atoms with Gasteiger partial charge in [-0.1, -0.05) is 27.7 Å². The fourth-order valence-electron chi connectivity index (χ4n) is 2.71. The molecule has 1 saturated carbocycles. The maximum Gasteiger partial charge on any atom is 0.373 e. The quantitative estimate of drug-likeness (QED) is 0.893. The monoisotopic (exact) mass is 253 g/mol. The first-order valence-electron chi connectivity index (χ1n) is 5.95. The van der Waals surface area contributed by atoms with Crippen LogP contribution in [0.15, 0.2) is 4.42 Å². The van der Waals surface area contributed by atoms with Crippen molar-refractivity contribution in [3.63, 3.8) is 0 Å². The van der Waals surface area contributed by atoms with Crippen LogP contribution in [0.25, 0.3) is 0 Å². The molecule has 18 heavy (non-hydrogen) atoms. The Kier molecular flexibility index (Phi) is 2.77. The van der Waals surface area contributed by atoms with Crippen LogP contribution in [0, 0.1) is 10.8 Å². The Balaban J connectivity index is 2.37. The van der Waals surface area contributed by atoms with Crippen molar-refractivity contribution in [1.82, 2.24) is 4.98 Å². The Hall–Kier alpha value is -1.36. The standard InChI is InChI=1S/C13H19NO4/c1-12(2)9(13(12,3)4)10-14-7(6-17-5)8(18-10)11(15)16/h9H,6H2,1-5H3,(H,15,16).